The van der Waals surface area contributed by atoms with E-state index in [1.165, 1.54) is 0 Å². The maximum Gasteiger partial charge on any atom is 0.194 e. The van der Waals surface area contributed by atoms with Gasteiger partial charge in [0, 0.05) is 25.7 Å². The Labute approximate surface area is 166 Å². The van der Waals surface area contributed by atoms with Crippen LogP contribution in [-0.2, 0) is 13.1 Å². The highest BCUT2D eigenvalue weighted by atomic mass is 127. The van der Waals surface area contributed by atoms with Gasteiger partial charge < -0.3 is 20.1 Å². The third-order valence-corrected chi connectivity index (χ3v) is 3.64. The number of nitrogens with one attached hydrogen (secondary N) is 1. The Morgan fingerprint density at radius 3 is 2.48 bits per heavy atom. The lowest BCUT2D eigenvalue weighted by molar-refractivity contribution is 0.396. The van der Waals surface area contributed by atoms with Crippen molar-refractivity contribution in [2.24, 2.45) is 4.99 Å². The van der Waals surface area contributed by atoms with Crippen LogP contribution in [-0.4, -0.2) is 36.7 Å². The van der Waals surface area contributed by atoms with Crippen LogP contribution in [0.4, 0.5) is 0 Å². The van der Waals surface area contributed by atoms with Crippen molar-refractivity contribution in [3.05, 3.63) is 59.7 Å². The summed E-state index contributed by atoms with van der Waals surface area (Å²) in [5.41, 5.74) is 2.16. The van der Waals surface area contributed by atoms with Gasteiger partial charge in [0.25, 0.3) is 0 Å². The molecule has 0 heterocycles. The van der Waals surface area contributed by atoms with Crippen molar-refractivity contribution in [2.45, 2.75) is 20.0 Å². The molecule has 0 amide bonds. The Morgan fingerprint density at radius 1 is 1.16 bits per heavy atom. The van der Waals surface area contributed by atoms with Gasteiger partial charge in [-0.15, -0.1) is 24.0 Å². The number of rotatable bonds is 6. The number of nitrogens with zero attached hydrogens (tertiary/aromatic N) is 2. The van der Waals surface area contributed by atoms with Gasteiger partial charge >= 0.3 is 0 Å². The van der Waals surface area contributed by atoms with E-state index in [1.807, 2.05) is 44.3 Å². The van der Waals surface area contributed by atoms with E-state index in [1.54, 1.807) is 19.2 Å². The first-order chi connectivity index (χ1) is 11.6. The predicted octanol–water partition coefficient (Wildman–Crippen LogP) is 3.62. The molecule has 5 nitrogen and oxygen atoms in total. The molecule has 0 aliphatic carbocycles. The number of methoxy groups -OCH3 is 1. The average Bonchev–Trinajstić information content (AvgIpc) is 2.60. The zero-order valence-corrected chi connectivity index (χ0v) is 17.2. The molecule has 2 aromatic rings. The number of phenols is 1. The van der Waals surface area contributed by atoms with Gasteiger partial charge in [0.1, 0.15) is 11.5 Å². The molecule has 0 spiro atoms. The van der Waals surface area contributed by atoms with E-state index in [-0.39, 0.29) is 29.7 Å². The predicted molar refractivity (Wildman–Crippen MR) is 113 cm³/mol. The van der Waals surface area contributed by atoms with E-state index in [0.717, 1.165) is 29.4 Å². The number of hydrogen-bond acceptors (Lipinski definition) is 3. The second-order valence-corrected chi connectivity index (χ2v) is 5.50. The highest BCUT2D eigenvalue weighted by molar-refractivity contribution is 14.0. The molecule has 0 saturated carbocycles. The fourth-order valence-corrected chi connectivity index (χ4v) is 2.40. The minimum absolute atomic E-state index is 0. The molecule has 0 bridgehead atoms. The van der Waals surface area contributed by atoms with Crippen LogP contribution in [0, 0.1) is 0 Å². The molecule has 0 aliphatic heterocycles. The highest BCUT2D eigenvalue weighted by Gasteiger charge is 2.09. The van der Waals surface area contributed by atoms with Crippen LogP contribution in [0.3, 0.4) is 0 Å². The second-order valence-electron chi connectivity index (χ2n) is 5.50. The Balaban J connectivity index is 0.00000312. The maximum absolute atomic E-state index is 9.35. The quantitative estimate of drug-likeness (QED) is 0.397. The van der Waals surface area contributed by atoms with E-state index in [9.17, 15) is 5.11 Å². The fraction of sp³-hybridized carbons (Fsp3) is 0.316. The van der Waals surface area contributed by atoms with Crippen molar-refractivity contribution >= 4 is 29.9 Å². The van der Waals surface area contributed by atoms with Crippen LogP contribution in [0.25, 0.3) is 0 Å². The molecule has 136 valence electrons. The largest absolute Gasteiger partial charge is 0.508 e. The summed E-state index contributed by atoms with van der Waals surface area (Å²) in [6.07, 6.45) is 0. The van der Waals surface area contributed by atoms with Crippen LogP contribution in [0.5, 0.6) is 11.5 Å². The number of benzene rings is 2. The van der Waals surface area contributed by atoms with Crippen LogP contribution >= 0.6 is 24.0 Å². The van der Waals surface area contributed by atoms with Crippen molar-refractivity contribution in [2.75, 3.05) is 20.7 Å². The van der Waals surface area contributed by atoms with E-state index in [0.29, 0.717) is 13.1 Å². The van der Waals surface area contributed by atoms with Gasteiger partial charge in [0.2, 0.25) is 0 Å². The van der Waals surface area contributed by atoms with Crippen molar-refractivity contribution in [1.82, 2.24) is 10.2 Å². The van der Waals surface area contributed by atoms with Gasteiger partial charge in [-0.2, -0.15) is 0 Å². The smallest absolute Gasteiger partial charge is 0.194 e. The van der Waals surface area contributed by atoms with Crippen LogP contribution in [0.15, 0.2) is 53.5 Å². The summed E-state index contributed by atoms with van der Waals surface area (Å²) in [4.78, 5) is 6.75. The summed E-state index contributed by atoms with van der Waals surface area (Å²) < 4.78 is 5.42. The molecule has 0 aliphatic rings. The van der Waals surface area contributed by atoms with Gasteiger partial charge in [-0.25, -0.2) is 4.99 Å². The molecule has 0 saturated heterocycles. The number of aliphatic imine (C=N–C) groups is 1. The number of aromatic hydroxyl groups is 1. The summed E-state index contributed by atoms with van der Waals surface area (Å²) in [7, 11) is 3.69. The Bertz CT molecular complexity index is 675. The highest BCUT2D eigenvalue weighted by Crippen LogP contribution is 2.19. The zero-order valence-electron chi connectivity index (χ0n) is 14.9. The van der Waals surface area contributed by atoms with E-state index < -0.39 is 0 Å². The van der Waals surface area contributed by atoms with Crippen LogP contribution in [0.2, 0.25) is 0 Å². The molecule has 0 unspecified atom stereocenters. The number of guanidine groups is 1. The molecule has 2 rings (SSSR count). The molecule has 0 radical (unpaired) electrons. The van der Waals surface area contributed by atoms with Gasteiger partial charge in [-0.1, -0.05) is 30.3 Å². The number of para-hydroxylation sites is 1. The van der Waals surface area contributed by atoms with Crippen molar-refractivity contribution in [3.8, 4) is 11.5 Å². The lowest BCUT2D eigenvalue weighted by Gasteiger charge is -2.23. The Kier molecular flexibility index (Phi) is 9.12. The van der Waals surface area contributed by atoms with Crippen molar-refractivity contribution in [1.29, 1.82) is 0 Å². The summed E-state index contributed by atoms with van der Waals surface area (Å²) in [6, 6.07) is 15.1. The normalized spacial score (nSPS) is 10.8. The first-order valence-electron chi connectivity index (χ1n) is 8.03. The third kappa shape index (κ3) is 6.45. The summed E-state index contributed by atoms with van der Waals surface area (Å²) in [5, 5.41) is 12.7. The SMILES string of the molecule is CCNC(=NCc1ccc(O)cc1)N(C)Cc1ccccc1OC.I. The van der Waals surface area contributed by atoms with Crippen LogP contribution in [0.1, 0.15) is 18.1 Å². The lowest BCUT2D eigenvalue weighted by Crippen LogP contribution is -2.38. The molecular weight excluding hydrogens is 429 g/mol. The van der Waals surface area contributed by atoms with E-state index >= 15 is 0 Å². The number of ether oxygens (including phenoxy) is 1. The number of halogens is 1. The Hall–Kier alpha value is -1.96. The van der Waals surface area contributed by atoms with Crippen molar-refractivity contribution in [3.63, 3.8) is 0 Å². The number of phenolic OH excluding ortho intramolecular Hbond substituents is 1. The summed E-state index contributed by atoms with van der Waals surface area (Å²) in [6.45, 7) is 4.10. The second kappa shape index (κ2) is 10.8. The van der Waals surface area contributed by atoms with Gasteiger partial charge in [-0.3, -0.25) is 0 Å². The minimum Gasteiger partial charge on any atom is -0.508 e. The van der Waals surface area contributed by atoms with Gasteiger partial charge in [0.15, 0.2) is 5.96 Å². The average molecular weight is 455 g/mol. The topological polar surface area (TPSA) is 57.1 Å². The molecule has 2 aromatic carbocycles. The number of hydrogen-bond donors (Lipinski definition) is 2. The molecule has 6 heteroatoms. The molecule has 0 aromatic heterocycles. The first kappa shape index (κ1) is 21.1. The molecule has 25 heavy (non-hydrogen) atoms. The lowest BCUT2D eigenvalue weighted by atomic mass is 10.2. The van der Waals surface area contributed by atoms with Gasteiger partial charge in [-0.05, 0) is 30.7 Å². The molecule has 2 N–H and O–H groups in total. The van der Waals surface area contributed by atoms with E-state index in [2.05, 4.69) is 21.3 Å². The monoisotopic (exact) mass is 455 g/mol. The van der Waals surface area contributed by atoms with Crippen molar-refractivity contribution < 1.29 is 9.84 Å². The summed E-state index contributed by atoms with van der Waals surface area (Å²) in [5.74, 6) is 1.97. The molecule has 0 atom stereocenters. The van der Waals surface area contributed by atoms with Crippen LogP contribution < -0.4 is 10.1 Å². The summed E-state index contributed by atoms with van der Waals surface area (Å²) >= 11 is 0. The molecule has 0 fully saturated rings. The first-order valence-corrected chi connectivity index (χ1v) is 8.03. The van der Waals surface area contributed by atoms with Gasteiger partial charge in [0.05, 0.1) is 13.7 Å². The molecular formula is C19H26IN3O2. The minimum atomic E-state index is 0. The Morgan fingerprint density at radius 2 is 1.84 bits per heavy atom. The van der Waals surface area contributed by atoms with E-state index in [4.69, 9.17) is 4.74 Å². The maximum atomic E-state index is 9.35. The zero-order chi connectivity index (χ0) is 17.4. The third-order valence-electron chi connectivity index (χ3n) is 3.64. The standard InChI is InChI=1S/C19H25N3O2.HI/c1-4-20-19(21-13-15-9-11-17(23)12-10-15)22(2)14-16-7-5-6-8-18(16)24-3;/h5-12,23H,4,13-14H2,1-3H3,(H,20,21);1H. The fourth-order valence-electron chi connectivity index (χ4n) is 2.40.